The first-order valence-corrected chi connectivity index (χ1v) is 13.5. The Labute approximate surface area is 207 Å². The number of aryl methyl sites for hydroxylation is 1. The average Bonchev–Trinajstić information content (AvgIpc) is 3.52. The number of hydrogen-bond acceptors (Lipinski definition) is 7. The minimum absolute atomic E-state index is 0.00481. The quantitative estimate of drug-likeness (QED) is 0.460. The average molecular weight is 503 g/mol. The Hall–Kier alpha value is -2.65. The number of pyridine rings is 1. The molecule has 2 aliphatic rings. The lowest BCUT2D eigenvalue weighted by molar-refractivity contribution is -0.0141. The molecular formula is C26H34N2O6S. The Bertz CT molecular complexity index is 1140. The lowest BCUT2D eigenvalue weighted by atomic mass is 10.1. The van der Waals surface area contributed by atoms with Gasteiger partial charge in [-0.2, -0.15) is 8.42 Å². The number of likely N-dealkylation sites (tertiary alicyclic amines) is 1. The zero-order valence-corrected chi connectivity index (χ0v) is 21.6. The third-order valence-corrected chi connectivity index (χ3v) is 7.66. The van der Waals surface area contributed by atoms with Gasteiger partial charge in [0.25, 0.3) is 10.1 Å². The third kappa shape index (κ3) is 6.73. The Kier molecular flexibility index (Phi) is 7.38. The van der Waals surface area contributed by atoms with Crippen LogP contribution in [0.2, 0.25) is 0 Å². The van der Waals surface area contributed by atoms with Crippen molar-refractivity contribution in [2.45, 2.75) is 69.4 Å². The molecule has 1 saturated heterocycles. The molecule has 9 heteroatoms. The van der Waals surface area contributed by atoms with Crippen molar-refractivity contribution in [3.8, 4) is 5.75 Å². The van der Waals surface area contributed by atoms with Crippen LogP contribution in [0.15, 0.2) is 47.6 Å². The Morgan fingerprint density at radius 3 is 2.57 bits per heavy atom. The molecule has 1 aliphatic heterocycles. The molecule has 1 aromatic heterocycles. The second-order valence-electron chi connectivity index (χ2n) is 10.4. The van der Waals surface area contributed by atoms with Gasteiger partial charge in [0, 0.05) is 12.7 Å². The largest absolute Gasteiger partial charge is 0.490 e. The highest BCUT2D eigenvalue weighted by atomic mass is 32.2. The summed E-state index contributed by atoms with van der Waals surface area (Å²) in [6.07, 6.45) is 5.70. The summed E-state index contributed by atoms with van der Waals surface area (Å²) >= 11 is 0. The van der Waals surface area contributed by atoms with E-state index in [9.17, 15) is 13.2 Å². The van der Waals surface area contributed by atoms with Crippen molar-refractivity contribution in [2.75, 3.05) is 19.8 Å². The van der Waals surface area contributed by atoms with Crippen LogP contribution in [0.25, 0.3) is 0 Å². The number of carbonyl (C=O) groups excluding carboxylic acids is 1. The fourth-order valence-corrected chi connectivity index (χ4v) is 5.06. The second kappa shape index (κ2) is 10.1. The van der Waals surface area contributed by atoms with Gasteiger partial charge in [-0.1, -0.05) is 17.7 Å². The fourth-order valence-electron chi connectivity index (χ4n) is 4.14. The predicted molar refractivity (Wildman–Crippen MR) is 131 cm³/mol. The van der Waals surface area contributed by atoms with E-state index in [0.717, 1.165) is 24.0 Å². The van der Waals surface area contributed by atoms with E-state index in [1.54, 1.807) is 35.4 Å². The van der Waals surface area contributed by atoms with Crippen LogP contribution in [-0.2, 0) is 19.0 Å². The molecule has 35 heavy (non-hydrogen) atoms. The summed E-state index contributed by atoms with van der Waals surface area (Å²) in [6, 6.07) is 8.63. The van der Waals surface area contributed by atoms with Crippen molar-refractivity contribution in [1.29, 1.82) is 0 Å². The zero-order chi connectivity index (χ0) is 25.2. The molecular weight excluding hydrogens is 468 g/mol. The van der Waals surface area contributed by atoms with E-state index in [0.29, 0.717) is 37.2 Å². The van der Waals surface area contributed by atoms with Crippen LogP contribution in [-0.4, -0.2) is 55.8 Å². The second-order valence-corrected chi connectivity index (χ2v) is 12.0. The number of aromatic nitrogens is 1. The third-order valence-electron chi connectivity index (χ3n) is 6.34. The molecule has 8 nitrogen and oxygen atoms in total. The van der Waals surface area contributed by atoms with Gasteiger partial charge >= 0.3 is 6.09 Å². The van der Waals surface area contributed by atoms with Gasteiger partial charge in [0.1, 0.15) is 18.0 Å². The molecule has 0 spiro atoms. The van der Waals surface area contributed by atoms with Gasteiger partial charge in [-0.3, -0.25) is 9.17 Å². The number of carbonyl (C=O) groups is 1. The van der Waals surface area contributed by atoms with E-state index in [4.69, 9.17) is 13.7 Å². The minimum Gasteiger partial charge on any atom is -0.490 e. The first kappa shape index (κ1) is 25.4. The first-order valence-electron chi connectivity index (χ1n) is 12.1. The smallest absolute Gasteiger partial charge is 0.410 e. The van der Waals surface area contributed by atoms with Gasteiger partial charge < -0.3 is 14.4 Å². The van der Waals surface area contributed by atoms with Gasteiger partial charge in [0.05, 0.1) is 23.7 Å². The zero-order valence-electron chi connectivity index (χ0n) is 20.8. The van der Waals surface area contributed by atoms with Crippen LogP contribution in [0.5, 0.6) is 5.75 Å². The molecule has 1 amide bonds. The molecule has 0 N–H and O–H groups in total. The predicted octanol–water partition coefficient (Wildman–Crippen LogP) is 4.68. The Balaban J connectivity index is 1.23. The molecule has 2 aromatic rings. The number of nitrogens with zero attached hydrogens (tertiary/aromatic N) is 2. The molecule has 0 bridgehead atoms. The first-order chi connectivity index (χ1) is 16.5. The van der Waals surface area contributed by atoms with E-state index in [-0.39, 0.29) is 23.6 Å². The number of hydrogen-bond donors (Lipinski definition) is 0. The summed E-state index contributed by atoms with van der Waals surface area (Å²) in [4.78, 5) is 18.5. The summed E-state index contributed by atoms with van der Waals surface area (Å²) in [5.74, 6) is 1.34. The minimum atomic E-state index is -3.74. The van der Waals surface area contributed by atoms with E-state index >= 15 is 0 Å². The van der Waals surface area contributed by atoms with Gasteiger partial charge in [-0.25, -0.2) is 4.79 Å². The molecule has 0 radical (unpaired) electrons. The van der Waals surface area contributed by atoms with Crippen molar-refractivity contribution < 1.29 is 26.9 Å². The van der Waals surface area contributed by atoms with Gasteiger partial charge in [0.2, 0.25) is 0 Å². The highest BCUT2D eigenvalue weighted by molar-refractivity contribution is 7.86. The normalized spacial score (nSPS) is 21.8. The maximum Gasteiger partial charge on any atom is 0.410 e. The molecule has 2 heterocycles. The number of ether oxygens (including phenoxy) is 2. The van der Waals surface area contributed by atoms with E-state index in [1.807, 2.05) is 40.0 Å². The van der Waals surface area contributed by atoms with Crippen molar-refractivity contribution in [1.82, 2.24) is 9.88 Å². The van der Waals surface area contributed by atoms with Gasteiger partial charge in [0.15, 0.2) is 0 Å². The van der Waals surface area contributed by atoms with Gasteiger partial charge in [-0.05, 0) is 82.6 Å². The highest BCUT2D eigenvalue weighted by Crippen LogP contribution is 2.50. The highest BCUT2D eigenvalue weighted by Gasteiger charge is 2.39. The summed E-state index contributed by atoms with van der Waals surface area (Å²) in [7, 11) is -3.74. The molecule has 0 unspecified atom stereocenters. The number of rotatable bonds is 9. The van der Waals surface area contributed by atoms with E-state index < -0.39 is 15.7 Å². The summed E-state index contributed by atoms with van der Waals surface area (Å²) in [5.41, 5.74) is 1.55. The SMILES string of the molecule is Cc1ccc(S(=O)(=O)OCC[C@@H]2C[C@@H]2c2cncc(OC[C@@H]3CCN3C(=O)OC(C)(C)C)c2)cc1. The van der Waals surface area contributed by atoms with Crippen LogP contribution >= 0.6 is 0 Å². The molecule has 1 saturated carbocycles. The Morgan fingerprint density at radius 2 is 1.91 bits per heavy atom. The molecule has 3 atom stereocenters. The number of benzene rings is 1. The topological polar surface area (TPSA) is 95.0 Å². The molecule has 2 fully saturated rings. The van der Waals surface area contributed by atoms with Crippen molar-refractivity contribution in [2.24, 2.45) is 5.92 Å². The van der Waals surface area contributed by atoms with E-state index in [2.05, 4.69) is 4.98 Å². The van der Waals surface area contributed by atoms with Gasteiger partial charge in [-0.15, -0.1) is 0 Å². The lowest BCUT2D eigenvalue weighted by Crippen LogP contribution is -2.55. The van der Waals surface area contributed by atoms with E-state index in [1.165, 1.54) is 0 Å². The fraction of sp³-hybridized carbons (Fsp3) is 0.538. The van der Waals surface area contributed by atoms with Crippen LogP contribution in [0.1, 0.15) is 57.1 Å². The standard InChI is InChI=1S/C26H34N2O6S/c1-18-5-7-23(8-6-18)35(30,31)33-12-10-19-14-24(19)20-13-22(16-27-15-20)32-17-21-9-11-28(21)25(29)34-26(2,3)4/h5-8,13,15-16,19,21,24H,9-12,14,17H2,1-4H3/t19-,21+,24+/m1/s1. The lowest BCUT2D eigenvalue weighted by Gasteiger charge is -2.40. The van der Waals surface area contributed by atoms with Crippen LogP contribution < -0.4 is 4.74 Å². The van der Waals surface area contributed by atoms with Crippen molar-refractivity contribution in [3.05, 3.63) is 53.9 Å². The maximum atomic E-state index is 12.4. The summed E-state index contributed by atoms with van der Waals surface area (Å²) in [6.45, 7) is 8.69. The van der Waals surface area contributed by atoms with Crippen LogP contribution in [0.3, 0.4) is 0 Å². The van der Waals surface area contributed by atoms with Crippen molar-refractivity contribution >= 4 is 16.2 Å². The monoisotopic (exact) mass is 502 g/mol. The maximum absolute atomic E-state index is 12.4. The number of amides is 1. The summed E-state index contributed by atoms with van der Waals surface area (Å²) in [5, 5.41) is 0. The Morgan fingerprint density at radius 1 is 1.17 bits per heavy atom. The summed E-state index contributed by atoms with van der Waals surface area (Å²) < 4.78 is 41.3. The molecule has 1 aliphatic carbocycles. The van der Waals surface area contributed by atoms with Crippen LogP contribution in [0.4, 0.5) is 4.79 Å². The van der Waals surface area contributed by atoms with Crippen molar-refractivity contribution in [3.63, 3.8) is 0 Å². The molecule has 1 aromatic carbocycles. The molecule has 4 rings (SSSR count). The van der Waals surface area contributed by atoms with Crippen LogP contribution in [0, 0.1) is 12.8 Å². The molecule has 190 valence electrons.